The molecule has 0 nitrogen and oxygen atoms in total. The average Bonchev–Trinajstić information content (AvgIpc) is 2.00. The third-order valence-electron chi connectivity index (χ3n) is 0.950. The fourth-order valence-electron chi connectivity index (χ4n) is 0.445. The molecule has 0 amide bonds. The zero-order valence-electron chi connectivity index (χ0n) is 6.19. The Morgan fingerprint density at radius 2 is 2.09 bits per heavy atom. The molecule has 0 unspecified atom stereocenters. The van der Waals surface area contributed by atoms with E-state index in [0.29, 0.717) is 0 Å². The molecule has 0 N–H and O–H groups in total. The Balaban J connectivity index is 4.13. The Morgan fingerprint density at radius 1 is 1.45 bits per heavy atom. The minimum atomic E-state index is -0.310. The first kappa shape index (κ1) is 10.6. The van der Waals surface area contributed by atoms with Crippen LogP contribution in [0.1, 0.15) is 6.42 Å². The highest BCUT2D eigenvalue weighted by molar-refractivity contribution is 14.1. The summed E-state index contributed by atoms with van der Waals surface area (Å²) in [6.45, 7) is 6.85. The molecule has 0 aromatic rings. The quantitative estimate of drug-likeness (QED) is 0.410. The van der Waals surface area contributed by atoms with Crippen LogP contribution in [0.2, 0.25) is 0 Å². The first-order chi connectivity index (χ1) is 5.20. The van der Waals surface area contributed by atoms with Gasteiger partial charge >= 0.3 is 0 Å². The minimum Gasteiger partial charge on any atom is -0.207 e. The smallest absolute Gasteiger partial charge is 0.123 e. The lowest BCUT2D eigenvalue weighted by atomic mass is 10.3. The third-order valence-corrected chi connectivity index (χ3v) is 1.70. The van der Waals surface area contributed by atoms with Crippen molar-refractivity contribution in [2.24, 2.45) is 0 Å². The van der Waals surface area contributed by atoms with Gasteiger partial charge in [0.05, 0.1) is 0 Å². The summed E-state index contributed by atoms with van der Waals surface area (Å²) in [6.07, 6.45) is 7.02. The molecule has 0 aliphatic carbocycles. The molecule has 0 aliphatic rings. The van der Waals surface area contributed by atoms with Crippen LogP contribution in [0.15, 0.2) is 46.9 Å². The first-order valence-corrected chi connectivity index (χ1v) is 4.24. The van der Waals surface area contributed by atoms with Gasteiger partial charge in [0.2, 0.25) is 0 Å². The van der Waals surface area contributed by atoms with Crippen LogP contribution in [0.5, 0.6) is 0 Å². The van der Waals surface area contributed by atoms with Crippen molar-refractivity contribution in [1.82, 2.24) is 0 Å². The first-order valence-electron chi connectivity index (χ1n) is 3.17. The molecule has 60 valence electrons. The van der Waals surface area contributed by atoms with Gasteiger partial charge in [-0.2, -0.15) is 0 Å². The zero-order chi connectivity index (χ0) is 8.69. The van der Waals surface area contributed by atoms with Crippen LogP contribution in [0.25, 0.3) is 0 Å². The van der Waals surface area contributed by atoms with Crippen molar-refractivity contribution in [1.29, 1.82) is 0 Å². The second-order valence-corrected chi connectivity index (χ2v) is 3.09. The van der Waals surface area contributed by atoms with Crippen LogP contribution in [0, 0.1) is 0 Å². The summed E-state index contributed by atoms with van der Waals surface area (Å²) in [7, 11) is 0. The summed E-state index contributed by atoms with van der Waals surface area (Å²) in [5.74, 6) is -0.310. The molecule has 0 atom stereocenters. The van der Waals surface area contributed by atoms with Crippen molar-refractivity contribution < 1.29 is 4.39 Å². The molecule has 0 saturated heterocycles. The fourth-order valence-corrected chi connectivity index (χ4v) is 0.997. The Bertz CT molecular complexity index is 202. The molecule has 0 aromatic carbocycles. The number of rotatable bonds is 4. The lowest BCUT2D eigenvalue weighted by Gasteiger charge is -1.88. The van der Waals surface area contributed by atoms with E-state index >= 15 is 0 Å². The normalized spacial score (nSPS) is 12.9. The summed E-state index contributed by atoms with van der Waals surface area (Å²) in [5, 5.41) is 0. The fraction of sp³-hybridized carbons (Fsp3) is 0.111. The molecule has 0 aromatic heterocycles. The highest BCUT2D eigenvalue weighted by Crippen LogP contribution is 2.12. The minimum absolute atomic E-state index is 0.310. The topological polar surface area (TPSA) is 0 Å². The Kier molecular flexibility index (Phi) is 6.12. The molecule has 0 radical (unpaired) electrons. The van der Waals surface area contributed by atoms with Crippen LogP contribution in [-0.4, -0.2) is 0 Å². The van der Waals surface area contributed by atoms with Gasteiger partial charge < -0.3 is 0 Å². The average molecular weight is 264 g/mol. The molecule has 0 fully saturated rings. The molecule has 2 heteroatoms. The Morgan fingerprint density at radius 3 is 2.55 bits per heavy atom. The van der Waals surface area contributed by atoms with Crippen molar-refractivity contribution in [3.05, 3.63) is 46.9 Å². The number of hydrogen-bond donors (Lipinski definition) is 0. The lowest BCUT2D eigenvalue weighted by molar-refractivity contribution is 0.667. The third kappa shape index (κ3) is 6.04. The molecular formula is C9H10FI. The zero-order valence-corrected chi connectivity index (χ0v) is 8.34. The van der Waals surface area contributed by atoms with Gasteiger partial charge in [0.25, 0.3) is 0 Å². The summed E-state index contributed by atoms with van der Waals surface area (Å²) >= 11 is 2.05. The number of halogens is 2. The van der Waals surface area contributed by atoms with Crippen molar-refractivity contribution in [3.63, 3.8) is 0 Å². The molecular weight excluding hydrogens is 254 g/mol. The largest absolute Gasteiger partial charge is 0.207 e. The number of allylic oxidation sites excluding steroid dienone is 6. The van der Waals surface area contributed by atoms with Crippen LogP contribution in [0.3, 0.4) is 0 Å². The van der Waals surface area contributed by atoms with Gasteiger partial charge in [-0.25, -0.2) is 4.39 Å². The van der Waals surface area contributed by atoms with Crippen LogP contribution < -0.4 is 0 Å². The summed E-state index contributed by atoms with van der Waals surface area (Å²) in [5.41, 5.74) is 0. The standard InChI is InChI=1S/C9H10FI/c1-3-5-6-9(11)7-8(10)4-2/h3-4,6-7H,1-2,5H2/b8-7+,9-6+. The Labute approximate surface area is 80.3 Å². The van der Waals surface area contributed by atoms with E-state index in [1.54, 1.807) is 6.08 Å². The maximum atomic E-state index is 12.5. The number of hydrogen-bond acceptors (Lipinski definition) is 0. The van der Waals surface area contributed by atoms with Crippen LogP contribution in [0.4, 0.5) is 4.39 Å². The van der Waals surface area contributed by atoms with Gasteiger partial charge in [-0.1, -0.05) is 18.7 Å². The SMILES string of the molecule is C=CC/C=C(I)\C=C(\F)C=C. The van der Waals surface area contributed by atoms with Crippen molar-refractivity contribution in [3.8, 4) is 0 Å². The second kappa shape index (κ2) is 6.34. The van der Waals surface area contributed by atoms with E-state index < -0.39 is 0 Å². The predicted octanol–water partition coefficient (Wildman–Crippen LogP) is 3.92. The van der Waals surface area contributed by atoms with Crippen LogP contribution >= 0.6 is 22.6 Å². The van der Waals surface area contributed by atoms with Crippen molar-refractivity contribution in [2.45, 2.75) is 6.42 Å². The van der Waals surface area contributed by atoms with Crippen molar-refractivity contribution >= 4 is 22.6 Å². The van der Waals surface area contributed by atoms with E-state index in [9.17, 15) is 4.39 Å². The van der Waals surface area contributed by atoms with Crippen molar-refractivity contribution in [2.75, 3.05) is 0 Å². The van der Waals surface area contributed by atoms with E-state index in [0.717, 1.165) is 10.0 Å². The van der Waals surface area contributed by atoms with Gasteiger partial charge in [-0.3, -0.25) is 0 Å². The molecule has 11 heavy (non-hydrogen) atoms. The lowest BCUT2D eigenvalue weighted by Crippen LogP contribution is -1.66. The molecule has 0 aliphatic heterocycles. The summed E-state index contributed by atoms with van der Waals surface area (Å²) < 4.78 is 13.3. The van der Waals surface area contributed by atoms with Gasteiger partial charge in [0.1, 0.15) is 5.83 Å². The predicted molar refractivity (Wildman–Crippen MR) is 56.3 cm³/mol. The monoisotopic (exact) mass is 264 g/mol. The van der Waals surface area contributed by atoms with E-state index in [-0.39, 0.29) is 5.83 Å². The van der Waals surface area contributed by atoms with Gasteiger partial charge in [0.15, 0.2) is 0 Å². The highest BCUT2D eigenvalue weighted by Gasteiger charge is 1.87. The van der Waals surface area contributed by atoms with Gasteiger partial charge in [0, 0.05) is 3.58 Å². The molecule has 0 saturated carbocycles. The van der Waals surface area contributed by atoms with Crippen LogP contribution in [-0.2, 0) is 0 Å². The van der Waals surface area contributed by atoms with E-state index in [1.165, 1.54) is 12.2 Å². The second-order valence-electron chi connectivity index (χ2n) is 1.85. The molecule has 0 bridgehead atoms. The Hall–Kier alpha value is -0.380. The maximum absolute atomic E-state index is 12.5. The molecule has 0 rings (SSSR count). The highest BCUT2D eigenvalue weighted by atomic mass is 127. The molecule has 0 spiro atoms. The van der Waals surface area contributed by atoms with Gasteiger partial charge in [-0.15, -0.1) is 6.58 Å². The summed E-state index contributed by atoms with van der Waals surface area (Å²) in [4.78, 5) is 0. The van der Waals surface area contributed by atoms with E-state index in [1.807, 2.05) is 6.08 Å². The van der Waals surface area contributed by atoms with Gasteiger partial charge in [-0.05, 0) is 41.2 Å². The van der Waals surface area contributed by atoms with E-state index in [2.05, 4.69) is 35.7 Å². The molecule has 0 heterocycles. The van der Waals surface area contributed by atoms with E-state index in [4.69, 9.17) is 0 Å². The maximum Gasteiger partial charge on any atom is 0.123 e. The summed E-state index contributed by atoms with van der Waals surface area (Å²) in [6, 6.07) is 0.